The smallest absolute Gasteiger partial charge is 0.0576 e. The molecule has 0 radical (unpaired) electrons. The van der Waals surface area contributed by atoms with E-state index in [4.69, 9.17) is 4.74 Å². The zero-order valence-corrected chi connectivity index (χ0v) is 14.2. The van der Waals surface area contributed by atoms with Gasteiger partial charge in [-0.15, -0.1) is 0 Å². The zero-order chi connectivity index (χ0) is 14.4. The van der Waals surface area contributed by atoms with Crippen LogP contribution in [0.3, 0.4) is 0 Å². The number of benzene rings is 1. The number of hydrogen-bond donors (Lipinski definition) is 1. The van der Waals surface area contributed by atoms with Gasteiger partial charge >= 0.3 is 0 Å². The molecule has 0 aromatic heterocycles. The van der Waals surface area contributed by atoms with Gasteiger partial charge in [0.05, 0.1) is 6.10 Å². The molecule has 1 aliphatic rings. The highest BCUT2D eigenvalue weighted by Gasteiger charge is 2.18. The third kappa shape index (κ3) is 4.57. The predicted molar refractivity (Wildman–Crippen MR) is 88.1 cm³/mol. The molecule has 1 aromatic carbocycles. The second kappa shape index (κ2) is 8.16. The van der Waals surface area contributed by atoms with Crippen molar-refractivity contribution in [3.8, 4) is 0 Å². The summed E-state index contributed by atoms with van der Waals surface area (Å²) in [6.07, 6.45) is 6.45. The van der Waals surface area contributed by atoms with Crippen molar-refractivity contribution >= 4 is 15.9 Å². The third-order valence-corrected chi connectivity index (χ3v) is 4.92. The number of rotatable bonds is 7. The molecular formula is C17H26BrNO. The maximum atomic E-state index is 5.75. The molecule has 0 spiro atoms. The van der Waals surface area contributed by atoms with Gasteiger partial charge in [0.15, 0.2) is 0 Å². The summed E-state index contributed by atoms with van der Waals surface area (Å²) in [5, 5.41) is 3.69. The van der Waals surface area contributed by atoms with E-state index in [-0.39, 0.29) is 0 Å². The van der Waals surface area contributed by atoms with Gasteiger partial charge in [-0.3, -0.25) is 0 Å². The van der Waals surface area contributed by atoms with Crippen molar-refractivity contribution in [2.75, 3.05) is 13.2 Å². The quantitative estimate of drug-likeness (QED) is 0.773. The highest BCUT2D eigenvalue weighted by molar-refractivity contribution is 9.10. The van der Waals surface area contributed by atoms with E-state index in [1.807, 2.05) is 0 Å². The van der Waals surface area contributed by atoms with Crippen molar-refractivity contribution < 1.29 is 4.74 Å². The minimum atomic E-state index is 0.450. The summed E-state index contributed by atoms with van der Waals surface area (Å²) >= 11 is 3.58. The molecule has 0 aliphatic carbocycles. The molecular weight excluding hydrogens is 314 g/mol. The summed E-state index contributed by atoms with van der Waals surface area (Å²) in [6, 6.07) is 7.15. The van der Waals surface area contributed by atoms with Crippen molar-refractivity contribution in [2.45, 2.75) is 58.1 Å². The van der Waals surface area contributed by atoms with Gasteiger partial charge in [-0.05, 0) is 62.8 Å². The molecule has 0 bridgehead atoms. The molecule has 1 fully saturated rings. The van der Waals surface area contributed by atoms with Gasteiger partial charge in [0.2, 0.25) is 0 Å². The Morgan fingerprint density at radius 3 is 2.95 bits per heavy atom. The number of aryl methyl sites for hydroxylation is 1. The first-order valence-electron chi connectivity index (χ1n) is 7.81. The molecule has 1 aromatic rings. The predicted octanol–water partition coefficient (Wildman–Crippen LogP) is 4.76. The topological polar surface area (TPSA) is 21.3 Å². The maximum Gasteiger partial charge on any atom is 0.0576 e. The van der Waals surface area contributed by atoms with E-state index >= 15 is 0 Å². The van der Waals surface area contributed by atoms with Gasteiger partial charge in [-0.2, -0.15) is 0 Å². The Balaban J connectivity index is 1.99. The summed E-state index contributed by atoms with van der Waals surface area (Å²) in [7, 11) is 0. The average molecular weight is 340 g/mol. The van der Waals surface area contributed by atoms with Crippen LogP contribution >= 0.6 is 15.9 Å². The summed E-state index contributed by atoms with van der Waals surface area (Å²) in [5.74, 6) is 0. The van der Waals surface area contributed by atoms with Gasteiger partial charge in [-0.25, -0.2) is 0 Å². The lowest BCUT2D eigenvalue weighted by atomic mass is 9.98. The molecule has 1 aliphatic heterocycles. The summed E-state index contributed by atoms with van der Waals surface area (Å²) in [4.78, 5) is 0. The van der Waals surface area contributed by atoms with Gasteiger partial charge in [0, 0.05) is 17.1 Å². The van der Waals surface area contributed by atoms with Gasteiger partial charge in [0.25, 0.3) is 0 Å². The molecule has 1 N–H and O–H groups in total. The number of nitrogens with one attached hydrogen (secondary N) is 1. The van der Waals surface area contributed by atoms with E-state index in [2.05, 4.69) is 53.3 Å². The van der Waals surface area contributed by atoms with E-state index in [9.17, 15) is 0 Å². The van der Waals surface area contributed by atoms with Gasteiger partial charge < -0.3 is 10.1 Å². The first kappa shape index (κ1) is 16.0. The Hall–Kier alpha value is -0.380. The molecule has 2 rings (SSSR count). The molecule has 2 nitrogen and oxygen atoms in total. The molecule has 2 atom stereocenters. The van der Waals surface area contributed by atoms with Crippen LogP contribution < -0.4 is 5.32 Å². The number of hydrogen-bond acceptors (Lipinski definition) is 2. The first-order valence-corrected chi connectivity index (χ1v) is 8.61. The summed E-state index contributed by atoms with van der Waals surface area (Å²) in [5.41, 5.74) is 2.71. The number of halogens is 1. The Morgan fingerprint density at radius 1 is 1.45 bits per heavy atom. The lowest BCUT2D eigenvalue weighted by molar-refractivity contribution is 0.0996. The van der Waals surface area contributed by atoms with E-state index < -0.39 is 0 Å². The molecule has 0 amide bonds. The lowest BCUT2D eigenvalue weighted by Crippen LogP contribution is -2.23. The monoisotopic (exact) mass is 339 g/mol. The average Bonchev–Trinajstić information content (AvgIpc) is 2.95. The maximum absolute atomic E-state index is 5.75. The fourth-order valence-corrected chi connectivity index (χ4v) is 3.06. The minimum absolute atomic E-state index is 0.450. The van der Waals surface area contributed by atoms with Crippen LogP contribution in [0, 0.1) is 6.92 Å². The Labute approximate surface area is 131 Å². The first-order chi connectivity index (χ1) is 9.70. The SMILES string of the molecule is CCCNC(CCC1CCCO1)c1ccc(Br)c(C)c1. The fourth-order valence-electron chi connectivity index (χ4n) is 2.81. The van der Waals surface area contributed by atoms with Crippen LogP contribution in [0.4, 0.5) is 0 Å². The zero-order valence-electron chi connectivity index (χ0n) is 12.6. The highest BCUT2D eigenvalue weighted by atomic mass is 79.9. The lowest BCUT2D eigenvalue weighted by Gasteiger charge is -2.21. The molecule has 1 saturated heterocycles. The van der Waals surface area contributed by atoms with E-state index in [1.54, 1.807) is 0 Å². The third-order valence-electron chi connectivity index (χ3n) is 4.03. The molecule has 1 heterocycles. The normalized spacial score (nSPS) is 20.2. The Bertz CT molecular complexity index is 415. The summed E-state index contributed by atoms with van der Waals surface area (Å²) in [6.45, 7) is 6.40. The number of ether oxygens (including phenoxy) is 1. The van der Waals surface area contributed by atoms with Crippen LogP contribution in [0.25, 0.3) is 0 Å². The van der Waals surface area contributed by atoms with E-state index in [0.717, 1.165) is 26.0 Å². The molecule has 20 heavy (non-hydrogen) atoms. The van der Waals surface area contributed by atoms with Crippen LogP contribution in [-0.2, 0) is 4.74 Å². The van der Waals surface area contributed by atoms with Crippen molar-refractivity contribution in [2.24, 2.45) is 0 Å². The fraction of sp³-hybridized carbons (Fsp3) is 0.647. The van der Waals surface area contributed by atoms with Crippen LogP contribution in [0.1, 0.15) is 56.2 Å². The highest BCUT2D eigenvalue weighted by Crippen LogP contribution is 2.26. The Morgan fingerprint density at radius 2 is 2.30 bits per heavy atom. The van der Waals surface area contributed by atoms with Crippen LogP contribution in [0.15, 0.2) is 22.7 Å². The Kier molecular flexibility index (Phi) is 6.53. The minimum Gasteiger partial charge on any atom is -0.378 e. The molecule has 0 saturated carbocycles. The van der Waals surface area contributed by atoms with Crippen molar-refractivity contribution in [1.82, 2.24) is 5.32 Å². The van der Waals surface area contributed by atoms with E-state index in [1.165, 1.54) is 34.9 Å². The van der Waals surface area contributed by atoms with E-state index in [0.29, 0.717) is 12.1 Å². The second-order valence-corrected chi connectivity index (χ2v) is 6.58. The summed E-state index contributed by atoms with van der Waals surface area (Å²) < 4.78 is 6.94. The van der Waals surface area contributed by atoms with Crippen LogP contribution in [0.2, 0.25) is 0 Å². The van der Waals surface area contributed by atoms with Crippen LogP contribution in [0.5, 0.6) is 0 Å². The second-order valence-electron chi connectivity index (χ2n) is 5.73. The van der Waals surface area contributed by atoms with Gasteiger partial charge in [0.1, 0.15) is 0 Å². The van der Waals surface area contributed by atoms with Gasteiger partial charge in [-0.1, -0.05) is 35.0 Å². The van der Waals surface area contributed by atoms with Crippen LogP contribution in [-0.4, -0.2) is 19.3 Å². The largest absolute Gasteiger partial charge is 0.378 e. The molecule has 112 valence electrons. The van der Waals surface area contributed by atoms with Crippen molar-refractivity contribution in [3.63, 3.8) is 0 Å². The van der Waals surface area contributed by atoms with Crippen molar-refractivity contribution in [3.05, 3.63) is 33.8 Å². The standard InChI is InChI=1S/C17H26BrNO/c1-3-10-19-17(9-7-15-5-4-11-20-15)14-6-8-16(18)13(2)12-14/h6,8,12,15,17,19H,3-5,7,9-11H2,1-2H3. The molecule has 2 unspecified atom stereocenters. The van der Waals surface area contributed by atoms with Crippen molar-refractivity contribution in [1.29, 1.82) is 0 Å². The molecule has 3 heteroatoms.